The molecule has 24 heavy (non-hydrogen) atoms. The molecule has 1 unspecified atom stereocenters. The van der Waals surface area contributed by atoms with Crippen LogP contribution in [0.5, 0.6) is 0 Å². The van der Waals surface area contributed by atoms with Crippen molar-refractivity contribution < 1.29 is 9.53 Å². The van der Waals surface area contributed by atoms with E-state index in [0.29, 0.717) is 18.4 Å². The van der Waals surface area contributed by atoms with E-state index in [1.807, 2.05) is 52.0 Å². The molecule has 1 saturated carbocycles. The minimum Gasteiger partial charge on any atom is -0.444 e. The van der Waals surface area contributed by atoms with Gasteiger partial charge in [0, 0.05) is 5.69 Å². The topological polar surface area (TPSA) is 88.7 Å². The quantitative estimate of drug-likeness (QED) is 0.571. The number of anilines is 1. The Hall–Kier alpha value is -2.24. The number of carbonyl (C=O) groups excluding carboxylic acids is 1. The van der Waals surface area contributed by atoms with Crippen molar-refractivity contribution in [1.29, 1.82) is 0 Å². The molecule has 1 aromatic rings. The summed E-state index contributed by atoms with van der Waals surface area (Å²) >= 11 is 0. The van der Waals surface area contributed by atoms with Crippen LogP contribution in [0.1, 0.15) is 39.2 Å². The summed E-state index contributed by atoms with van der Waals surface area (Å²) in [5.74, 6) is 0.795. The number of ether oxygens (including phenoxy) is 1. The number of guanidine groups is 1. The number of rotatable bonds is 5. The molecule has 0 saturated heterocycles. The highest BCUT2D eigenvalue weighted by atomic mass is 16.6. The van der Waals surface area contributed by atoms with Crippen molar-refractivity contribution in [3.8, 4) is 0 Å². The molecule has 1 fully saturated rings. The first kappa shape index (κ1) is 18.1. The molecule has 132 valence electrons. The van der Waals surface area contributed by atoms with Gasteiger partial charge in [0.05, 0.1) is 12.6 Å². The molecule has 1 aromatic carbocycles. The Labute approximate surface area is 143 Å². The molecular formula is C18H28N4O2. The number of nitrogens with two attached hydrogens (primary N) is 1. The molecule has 1 atom stereocenters. The van der Waals surface area contributed by atoms with E-state index in [9.17, 15) is 4.79 Å². The fourth-order valence-corrected chi connectivity index (χ4v) is 2.29. The SMILES string of the molecule is Cc1ccc(NC(N)=NCC(NC(=O)OC(C)(C)C)C2CC2)cc1. The third kappa shape index (κ3) is 6.48. The van der Waals surface area contributed by atoms with Crippen LogP contribution in [0.2, 0.25) is 0 Å². The van der Waals surface area contributed by atoms with Gasteiger partial charge >= 0.3 is 6.09 Å². The summed E-state index contributed by atoms with van der Waals surface area (Å²) in [7, 11) is 0. The number of aliphatic imine (C=N–C) groups is 1. The smallest absolute Gasteiger partial charge is 0.407 e. The molecule has 0 heterocycles. The largest absolute Gasteiger partial charge is 0.444 e. The van der Waals surface area contributed by atoms with Gasteiger partial charge in [0.15, 0.2) is 5.96 Å². The van der Waals surface area contributed by atoms with Crippen molar-refractivity contribution in [2.45, 2.75) is 52.2 Å². The summed E-state index contributed by atoms with van der Waals surface area (Å²) in [6, 6.07) is 7.88. The minimum atomic E-state index is -0.506. The highest BCUT2D eigenvalue weighted by molar-refractivity contribution is 5.92. The lowest BCUT2D eigenvalue weighted by Gasteiger charge is -2.23. The maximum Gasteiger partial charge on any atom is 0.407 e. The Morgan fingerprint density at radius 1 is 1.33 bits per heavy atom. The number of alkyl carbamates (subject to hydrolysis) is 1. The zero-order chi connectivity index (χ0) is 17.7. The van der Waals surface area contributed by atoms with E-state index in [1.165, 1.54) is 5.56 Å². The van der Waals surface area contributed by atoms with Crippen molar-refractivity contribution in [3.05, 3.63) is 29.8 Å². The minimum absolute atomic E-state index is 0.0433. The average Bonchev–Trinajstić information content (AvgIpc) is 3.28. The standard InChI is InChI=1S/C18H28N4O2/c1-12-5-9-14(10-6-12)21-16(19)20-11-15(13-7-8-13)22-17(23)24-18(2,3)4/h5-6,9-10,13,15H,7-8,11H2,1-4H3,(H,22,23)(H3,19,20,21). The van der Waals surface area contributed by atoms with Gasteiger partial charge in [0.25, 0.3) is 0 Å². The summed E-state index contributed by atoms with van der Waals surface area (Å²) < 4.78 is 5.31. The number of hydrogen-bond acceptors (Lipinski definition) is 3. The Bertz CT molecular complexity index is 586. The number of aryl methyl sites for hydroxylation is 1. The van der Waals surface area contributed by atoms with Crippen molar-refractivity contribution in [3.63, 3.8) is 0 Å². The van der Waals surface area contributed by atoms with E-state index in [1.54, 1.807) is 0 Å². The molecule has 1 aliphatic carbocycles. The zero-order valence-corrected chi connectivity index (χ0v) is 14.9. The highest BCUT2D eigenvalue weighted by Gasteiger charge is 2.33. The summed E-state index contributed by atoms with van der Waals surface area (Å²) in [5, 5.41) is 5.97. The van der Waals surface area contributed by atoms with Gasteiger partial charge in [-0.05, 0) is 58.6 Å². The number of benzene rings is 1. The molecule has 4 N–H and O–H groups in total. The second-order valence-corrected chi connectivity index (χ2v) is 7.31. The first-order chi connectivity index (χ1) is 11.2. The summed E-state index contributed by atoms with van der Waals surface area (Å²) in [5.41, 5.74) is 7.51. The van der Waals surface area contributed by atoms with Crippen LogP contribution in [0.3, 0.4) is 0 Å². The molecule has 6 nitrogen and oxygen atoms in total. The van der Waals surface area contributed by atoms with E-state index in [2.05, 4.69) is 15.6 Å². The normalized spacial score (nSPS) is 16.4. The molecule has 0 spiro atoms. The summed E-state index contributed by atoms with van der Waals surface area (Å²) in [4.78, 5) is 16.3. The van der Waals surface area contributed by atoms with Gasteiger partial charge in [-0.25, -0.2) is 4.79 Å². The van der Waals surface area contributed by atoms with Crippen LogP contribution in [-0.4, -0.2) is 30.2 Å². The van der Waals surface area contributed by atoms with Gasteiger partial charge in [0.2, 0.25) is 0 Å². The number of nitrogens with zero attached hydrogens (tertiary/aromatic N) is 1. The van der Waals surface area contributed by atoms with E-state index in [0.717, 1.165) is 18.5 Å². The van der Waals surface area contributed by atoms with Gasteiger partial charge in [-0.3, -0.25) is 4.99 Å². The lowest BCUT2D eigenvalue weighted by molar-refractivity contribution is 0.0500. The maximum atomic E-state index is 11.9. The molecule has 0 bridgehead atoms. The zero-order valence-electron chi connectivity index (χ0n) is 14.9. The summed E-state index contributed by atoms with van der Waals surface area (Å²) in [6.45, 7) is 8.01. The highest BCUT2D eigenvalue weighted by Crippen LogP contribution is 2.33. The summed E-state index contributed by atoms with van der Waals surface area (Å²) in [6.07, 6.45) is 1.79. The van der Waals surface area contributed by atoms with Gasteiger partial charge in [0.1, 0.15) is 5.60 Å². The van der Waals surface area contributed by atoms with Crippen molar-refractivity contribution in [2.75, 3.05) is 11.9 Å². The van der Waals surface area contributed by atoms with Gasteiger partial charge in [-0.15, -0.1) is 0 Å². The molecule has 0 radical (unpaired) electrons. The van der Waals surface area contributed by atoms with Crippen LogP contribution in [0.15, 0.2) is 29.3 Å². The van der Waals surface area contributed by atoms with Gasteiger partial charge in [-0.1, -0.05) is 17.7 Å². The molecule has 1 aliphatic rings. The Morgan fingerprint density at radius 3 is 2.50 bits per heavy atom. The Morgan fingerprint density at radius 2 is 1.96 bits per heavy atom. The first-order valence-corrected chi connectivity index (χ1v) is 8.36. The number of carbonyl (C=O) groups is 1. The molecule has 1 amide bonds. The average molecular weight is 332 g/mol. The first-order valence-electron chi connectivity index (χ1n) is 8.36. The van der Waals surface area contributed by atoms with Crippen molar-refractivity contribution >= 4 is 17.7 Å². The van der Waals surface area contributed by atoms with E-state index >= 15 is 0 Å². The van der Waals surface area contributed by atoms with Crippen LogP contribution < -0.4 is 16.4 Å². The second kappa shape index (κ2) is 7.55. The Kier molecular flexibility index (Phi) is 5.70. The van der Waals surface area contributed by atoms with Crippen LogP contribution in [-0.2, 0) is 4.74 Å². The van der Waals surface area contributed by atoms with E-state index in [-0.39, 0.29) is 6.04 Å². The van der Waals surface area contributed by atoms with Gasteiger partial charge in [-0.2, -0.15) is 0 Å². The number of amides is 1. The molecule has 0 aromatic heterocycles. The molecule has 6 heteroatoms. The fourth-order valence-electron chi connectivity index (χ4n) is 2.29. The predicted molar refractivity (Wildman–Crippen MR) is 97.2 cm³/mol. The lowest BCUT2D eigenvalue weighted by atomic mass is 10.2. The fraction of sp³-hybridized carbons (Fsp3) is 0.556. The van der Waals surface area contributed by atoms with Gasteiger partial charge < -0.3 is 21.1 Å². The molecule has 2 rings (SSSR count). The lowest BCUT2D eigenvalue weighted by Crippen LogP contribution is -2.42. The van der Waals surface area contributed by atoms with Crippen LogP contribution in [0, 0.1) is 12.8 Å². The Balaban J connectivity index is 1.88. The maximum absolute atomic E-state index is 11.9. The molecular weight excluding hydrogens is 304 g/mol. The van der Waals surface area contributed by atoms with Crippen LogP contribution in [0.25, 0.3) is 0 Å². The van der Waals surface area contributed by atoms with Crippen molar-refractivity contribution in [2.24, 2.45) is 16.6 Å². The van der Waals surface area contributed by atoms with E-state index < -0.39 is 11.7 Å². The van der Waals surface area contributed by atoms with Crippen LogP contribution in [0.4, 0.5) is 10.5 Å². The predicted octanol–water partition coefficient (Wildman–Crippen LogP) is 3.02. The second-order valence-electron chi connectivity index (χ2n) is 7.31. The molecule has 0 aliphatic heterocycles. The number of nitrogens with one attached hydrogen (secondary N) is 2. The third-order valence-electron chi connectivity index (χ3n) is 3.68. The van der Waals surface area contributed by atoms with Crippen molar-refractivity contribution in [1.82, 2.24) is 5.32 Å². The number of hydrogen-bond donors (Lipinski definition) is 3. The monoisotopic (exact) mass is 332 g/mol. The van der Waals surface area contributed by atoms with E-state index in [4.69, 9.17) is 10.5 Å². The van der Waals surface area contributed by atoms with Crippen LogP contribution >= 0.6 is 0 Å². The third-order valence-corrected chi connectivity index (χ3v) is 3.68.